The number of benzene rings is 2. The second-order valence-corrected chi connectivity index (χ2v) is 6.99. The van der Waals surface area contributed by atoms with Gasteiger partial charge in [0, 0.05) is 35.4 Å². The van der Waals surface area contributed by atoms with Gasteiger partial charge >= 0.3 is 0 Å². The molecule has 0 fully saturated rings. The van der Waals surface area contributed by atoms with Crippen LogP contribution in [0.5, 0.6) is 0 Å². The Morgan fingerprint density at radius 3 is 2.69 bits per heavy atom. The van der Waals surface area contributed by atoms with Gasteiger partial charge in [0.2, 0.25) is 0 Å². The van der Waals surface area contributed by atoms with Gasteiger partial charge in [-0.15, -0.1) is 0 Å². The Labute approximate surface area is 169 Å². The number of anilines is 2. The SMILES string of the molecule is Cc1nc(Nc2ccccc2C)cc(C(=O)NCCc2c[nH]c3ccccc23)n1. The molecule has 0 radical (unpaired) electrons. The van der Waals surface area contributed by atoms with E-state index >= 15 is 0 Å². The third-order valence-electron chi connectivity index (χ3n) is 4.83. The minimum absolute atomic E-state index is 0.205. The molecule has 3 N–H and O–H groups in total. The van der Waals surface area contributed by atoms with E-state index in [1.165, 1.54) is 10.9 Å². The van der Waals surface area contributed by atoms with Crippen LogP contribution in [-0.2, 0) is 6.42 Å². The number of aromatic nitrogens is 3. The molecule has 0 aliphatic carbocycles. The zero-order valence-electron chi connectivity index (χ0n) is 16.5. The Kier molecular flexibility index (Phi) is 5.24. The number of amides is 1. The number of para-hydroxylation sites is 2. The highest BCUT2D eigenvalue weighted by atomic mass is 16.1. The monoisotopic (exact) mass is 385 g/mol. The topological polar surface area (TPSA) is 82.7 Å². The van der Waals surface area contributed by atoms with E-state index in [-0.39, 0.29) is 5.91 Å². The van der Waals surface area contributed by atoms with Crippen LogP contribution in [0.2, 0.25) is 0 Å². The lowest BCUT2D eigenvalue weighted by Gasteiger charge is -2.11. The number of H-pyrrole nitrogens is 1. The number of hydrogen-bond acceptors (Lipinski definition) is 4. The molecule has 0 spiro atoms. The Morgan fingerprint density at radius 2 is 1.83 bits per heavy atom. The van der Waals surface area contributed by atoms with Gasteiger partial charge in [0.25, 0.3) is 5.91 Å². The normalized spacial score (nSPS) is 10.8. The van der Waals surface area contributed by atoms with E-state index in [9.17, 15) is 4.79 Å². The molecule has 4 aromatic rings. The first-order chi connectivity index (χ1) is 14.1. The van der Waals surface area contributed by atoms with Gasteiger partial charge in [-0.1, -0.05) is 36.4 Å². The van der Waals surface area contributed by atoms with Crippen molar-refractivity contribution in [3.05, 3.63) is 83.4 Å². The molecular formula is C23H23N5O. The number of rotatable bonds is 6. The number of hydrogen-bond donors (Lipinski definition) is 3. The van der Waals surface area contributed by atoms with Crippen LogP contribution in [0.4, 0.5) is 11.5 Å². The minimum Gasteiger partial charge on any atom is -0.361 e. The smallest absolute Gasteiger partial charge is 0.270 e. The van der Waals surface area contributed by atoms with Gasteiger partial charge in [-0.25, -0.2) is 9.97 Å². The summed E-state index contributed by atoms with van der Waals surface area (Å²) in [7, 11) is 0. The van der Waals surface area contributed by atoms with Gasteiger partial charge in [0.15, 0.2) is 0 Å². The van der Waals surface area contributed by atoms with Crippen LogP contribution in [0.25, 0.3) is 10.9 Å². The summed E-state index contributed by atoms with van der Waals surface area (Å²) in [5.74, 6) is 0.946. The van der Waals surface area contributed by atoms with Crippen LogP contribution in [0.3, 0.4) is 0 Å². The van der Waals surface area contributed by atoms with Crippen molar-refractivity contribution < 1.29 is 4.79 Å². The highest BCUT2D eigenvalue weighted by Gasteiger charge is 2.11. The van der Waals surface area contributed by atoms with Crippen molar-refractivity contribution in [2.75, 3.05) is 11.9 Å². The summed E-state index contributed by atoms with van der Waals surface area (Å²) in [6.07, 6.45) is 2.74. The number of aromatic amines is 1. The van der Waals surface area contributed by atoms with Gasteiger partial charge in [0.05, 0.1) is 0 Å². The predicted molar refractivity (Wildman–Crippen MR) is 116 cm³/mol. The van der Waals surface area contributed by atoms with E-state index in [2.05, 4.69) is 31.7 Å². The van der Waals surface area contributed by atoms with Crippen molar-refractivity contribution in [2.45, 2.75) is 20.3 Å². The summed E-state index contributed by atoms with van der Waals surface area (Å²) >= 11 is 0. The van der Waals surface area contributed by atoms with Crippen molar-refractivity contribution in [3.8, 4) is 0 Å². The summed E-state index contributed by atoms with van der Waals surface area (Å²) < 4.78 is 0. The number of nitrogens with one attached hydrogen (secondary N) is 3. The molecule has 2 aromatic carbocycles. The summed E-state index contributed by atoms with van der Waals surface area (Å²) in [4.78, 5) is 24.6. The maximum Gasteiger partial charge on any atom is 0.270 e. The van der Waals surface area contributed by atoms with Gasteiger partial charge in [0.1, 0.15) is 17.3 Å². The second-order valence-electron chi connectivity index (χ2n) is 6.99. The lowest BCUT2D eigenvalue weighted by Crippen LogP contribution is -2.27. The standard InChI is InChI=1S/C23H23N5O/c1-15-7-3-5-9-19(15)28-22-13-21(26-16(2)27-22)23(29)24-12-11-17-14-25-20-10-6-4-8-18(17)20/h3-10,13-14,25H,11-12H2,1-2H3,(H,24,29)(H,26,27,28). The highest BCUT2D eigenvalue weighted by Crippen LogP contribution is 2.20. The van der Waals surface area contributed by atoms with Crippen molar-refractivity contribution in [1.82, 2.24) is 20.3 Å². The molecule has 1 amide bonds. The number of carbonyl (C=O) groups excluding carboxylic acids is 1. The maximum absolute atomic E-state index is 12.6. The Hall–Kier alpha value is -3.67. The molecule has 0 aliphatic heterocycles. The van der Waals surface area contributed by atoms with E-state index < -0.39 is 0 Å². The van der Waals surface area contributed by atoms with E-state index in [0.29, 0.717) is 23.9 Å². The first-order valence-electron chi connectivity index (χ1n) is 9.62. The second kappa shape index (κ2) is 8.14. The van der Waals surface area contributed by atoms with E-state index in [4.69, 9.17) is 0 Å². The number of fused-ring (bicyclic) bond motifs is 1. The molecule has 0 saturated carbocycles. The maximum atomic E-state index is 12.6. The quantitative estimate of drug-likeness (QED) is 0.462. The number of aryl methyl sites for hydroxylation is 2. The molecule has 0 aliphatic rings. The molecule has 6 heteroatoms. The average molecular weight is 385 g/mol. The molecule has 6 nitrogen and oxygen atoms in total. The highest BCUT2D eigenvalue weighted by molar-refractivity contribution is 5.93. The predicted octanol–water partition coefficient (Wildman–Crippen LogP) is 4.29. The van der Waals surface area contributed by atoms with Crippen LogP contribution in [-0.4, -0.2) is 27.4 Å². The fourth-order valence-electron chi connectivity index (χ4n) is 3.34. The molecule has 2 aromatic heterocycles. The van der Waals surface area contributed by atoms with Gasteiger partial charge < -0.3 is 15.6 Å². The van der Waals surface area contributed by atoms with E-state index in [1.807, 2.05) is 55.6 Å². The Bertz CT molecular complexity index is 1160. The van der Waals surface area contributed by atoms with Crippen molar-refractivity contribution in [1.29, 1.82) is 0 Å². The third-order valence-corrected chi connectivity index (χ3v) is 4.83. The van der Waals surface area contributed by atoms with Crippen LogP contribution in [0.1, 0.15) is 27.4 Å². The van der Waals surface area contributed by atoms with Crippen LogP contribution >= 0.6 is 0 Å². The molecule has 2 heterocycles. The first-order valence-corrected chi connectivity index (χ1v) is 9.62. The molecule has 29 heavy (non-hydrogen) atoms. The van der Waals surface area contributed by atoms with E-state index in [1.54, 1.807) is 13.0 Å². The van der Waals surface area contributed by atoms with Crippen molar-refractivity contribution in [3.63, 3.8) is 0 Å². The fraction of sp³-hybridized carbons (Fsp3) is 0.174. The lowest BCUT2D eigenvalue weighted by atomic mass is 10.1. The van der Waals surface area contributed by atoms with E-state index in [0.717, 1.165) is 23.2 Å². The summed E-state index contributed by atoms with van der Waals surface area (Å²) in [6, 6.07) is 17.8. The number of nitrogens with zero attached hydrogens (tertiary/aromatic N) is 2. The van der Waals surface area contributed by atoms with Gasteiger partial charge in [-0.3, -0.25) is 4.79 Å². The Balaban J connectivity index is 1.43. The zero-order valence-corrected chi connectivity index (χ0v) is 16.5. The van der Waals surface area contributed by atoms with Crippen LogP contribution < -0.4 is 10.6 Å². The third kappa shape index (κ3) is 4.27. The van der Waals surface area contributed by atoms with Gasteiger partial charge in [-0.2, -0.15) is 0 Å². The fourth-order valence-corrected chi connectivity index (χ4v) is 3.34. The van der Waals surface area contributed by atoms with Crippen LogP contribution in [0.15, 0.2) is 60.8 Å². The Morgan fingerprint density at radius 1 is 1.03 bits per heavy atom. The summed E-state index contributed by atoms with van der Waals surface area (Å²) in [5, 5.41) is 7.42. The summed E-state index contributed by atoms with van der Waals surface area (Å²) in [5.41, 5.74) is 4.70. The number of carbonyl (C=O) groups is 1. The molecule has 146 valence electrons. The van der Waals surface area contributed by atoms with Crippen LogP contribution in [0, 0.1) is 13.8 Å². The molecule has 4 rings (SSSR count). The first kappa shape index (κ1) is 18.7. The summed E-state index contributed by atoms with van der Waals surface area (Å²) in [6.45, 7) is 4.34. The molecule has 0 atom stereocenters. The molecule has 0 bridgehead atoms. The van der Waals surface area contributed by atoms with Crippen molar-refractivity contribution >= 4 is 28.3 Å². The lowest BCUT2D eigenvalue weighted by molar-refractivity contribution is 0.0949. The van der Waals surface area contributed by atoms with Crippen molar-refractivity contribution in [2.24, 2.45) is 0 Å². The molecule has 0 saturated heterocycles. The minimum atomic E-state index is -0.205. The largest absolute Gasteiger partial charge is 0.361 e. The molecule has 0 unspecified atom stereocenters. The molecular weight excluding hydrogens is 362 g/mol. The average Bonchev–Trinajstić information content (AvgIpc) is 3.12. The van der Waals surface area contributed by atoms with Gasteiger partial charge in [-0.05, 0) is 43.5 Å². The zero-order chi connectivity index (χ0) is 20.2.